The lowest BCUT2D eigenvalue weighted by Crippen LogP contribution is -2.46. The zero-order valence-electron chi connectivity index (χ0n) is 10.6. The highest BCUT2D eigenvalue weighted by molar-refractivity contribution is 9.10. The first-order valence-corrected chi connectivity index (χ1v) is 9.01. The molecule has 2 fully saturated rings. The average molecular weight is 379 g/mol. The van der Waals surface area contributed by atoms with Crippen LogP contribution in [-0.2, 0) is 14.8 Å². The van der Waals surface area contributed by atoms with E-state index in [0.717, 1.165) is 17.3 Å². The molecule has 0 aromatic heterocycles. The number of benzene rings is 1. The second kappa shape index (κ2) is 5.09. The van der Waals surface area contributed by atoms with Crippen LogP contribution in [-0.4, -0.2) is 30.6 Å². The summed E-state index contributed by atoms with van der Waals surface area (Å²) in [6.07, 6.45) is 2.15. The van der Waals surface area contributed by atoms with E-state index in [0.29, 0.717) is 12.8 Å². The SMILES string of the molecule is O=C1C[C@H]2CC[C@@H](C1)N2S(=O)(=O)c1ccc(Br)cc1Cl. The normalized spacial score (nSPS) is 27.0. The maximum Gasteiger partial charge on any atom is 0.245 e. The van der Waals surface area contributed by atoms with Gasteiger partial charge < -0.3 is 0 Å². The smallest absolute Gasteiger partial charge is 0.245 e. The van der Waals surface area contributed by atoms with Crippen LogP contribution >= 0.6 is 27.5 Å². The van der Waals surface area contributed by atoms with Gasteiger partial charge in [0.25, 0.3) is 0 Å². The number of hydrogen-bond donors (Lipinski definition) is 0. The average Bonchev–Trinajstić information content (AvgIpc) is 2.62. The molecule has 0 N–H and O–H groups in total. The number of hydrogen-bond acceptors (Lipinski definition) is 3. The van der Waals surface area contributed by atoms with Gasteiger partial charge in [0.15, 0.2) is 0 Å². The molecule has 0 radical (unpaired) electrons. The number of Topliss-reactive ketones (excluding diaryl/α,β-unsaturated/α-hetero) is 1. The highest BCUT2D eigenvalue weighted by Gasteiger charge is 2.47. The monoisotopic (exact) mass is 377 g/mol. The molecule has 0 spiro atoms. The summed E-state index contributed by atoms with van der Waals surface area (Å²) in [5, 5.41) is 0.204. The summed E-state index contributed by atoms with van der Waals surface area (Å²) in [7, 11) is -3.64. The van der Waals surface area contributed by atoms with E-state index in [4.69, 9.17) is 11.6 Å². The van der Waals surface area contributed by atoms with Crippen molar-refractivity contribution in [2.45, 2.75) is 42.7 Å². The number of ketones is 1. The van der Waals surface area contributed by atoms with Crippen molar-refractivity contribution >= 4 is 43.3 Å². The summed E-state index contributed by atoms with van der Waals surface area (Å²) in [6.45, 7) is 0. The van der Waals surface area contributed by atoms with E-state index in [1.54, 1.807) is 12.1 Å². The molecule has 4 nitrogen and oxygen atoms in total. The fourth-order valence-corrected chi connectivity index (χ4v) is 6.00. The molecule has 3 rings (SSSR count). The van der Waals surface area contributed by atoms with E-state index >= 15 is 0 Å². The first-order valence-electron chi connectivity index (χ1n) is 6.40. The lowest BCUT2D eigenvalue weighted by atomic mass is 10.0. The van der Waals surface area contributed by atoms with Gasteiger partial charge in [0, 0.05) is 29.4 Å². The van der Waals surface area contributed by atoms with Gasteiger partial charge in [0.05, 0.1) is 5.02 Å². The Bertz CT molecular complexity index is 660. The largest absolute Gasteiger partial charge is 0.300 e. The minimum atomic E-state index is -3.64. The summed E-state index contributed by atoms with van der Waals surface area (Å²) in [4.78, 5) is 11.7. The Balaban J connectivity index is 2.03. The van der Waals surface area contributed by atoms with Gasteiger partial charge in [-0.15, -0.1) is 0 Å². The molecule has 20 heavy (non-hydrogen) atoms. The number of piperidine rings is 1. The van der Waals surface area contributed by atoms with Crippen molar-refractivity contribution in [3.05, 3.63) is 27.7 Å². The van der Waals surface area contributed by atoms with Gasteiger partial charge in [-0.3, -0.25) is 4.79 Å². The predicted octanol–water partition coefficient (Wildman–Crippen LogP) is 2.99. The molecule has 0 aliphatic carbocycles. The molecule has 2 aliphatic heterocycles. The molecule has 2 bridgehead atoms. The molecule has 0 amide bonds. The third kappa shape index (κ3) is 2.32. The van der Waals surface area contributed by atoms with Crippen LogP contribution in [0.3, 0.4) is 0 Å². The summed E-state index contributed by atoms with van der Waals surface area (Å²) in [5.41, 5.74) is 0. The van der Waals surface area contributed by atoms with Crippen LogP contribution in [0.2, 0.25) is 5.02 Å². The Hall–Kier alpha value is -0.430. The quantitative estimate of drug-likeness (QED) is 0.795. The highest BCUT2D eigenvalue weighted by atomic mass is 79.9. The fourth-order valence-electron chi connectivity index (χ4n) is 3.12. The number of carbonyl (C=O) groups excluding carboxylic acids is 1. The van der Waals surface area contributed by atoms with Crippen LogP contribution in [0.25, 0.3) is 0 Å². The Labute approximate surface area is 131 Å². The van der Waals surface area contributed by atoms with Gasteiger partial charge in [-0.25, -0.2) is 8.42 Å². The first kappa shape index (κ1) is 14.5. The van der Waals surface area contributed by atoms with Gasteiger partial charge in [-0.2, -0.15) is 4.31 Å². The maximum absolute atomic E-state index is 12.8. The topological polar surface area (TPSA) is 54.5 Å². The molecule has 2 aliphatic rings. The molecule has 108 valence electrons. The van der Waals surface area contributed by atoms with E-state index in [-0.39, 0.29) is 27.8 Å². The third-order valence-corrected chi connectivity index (χ3v) is 6.91. The van der Waals surface area contributed by atoms with Crippen molar-refractivity contribution in [3.8, 4) is 0 Å². The molecule has 2 atom stereocenters. The van der Waals surface area contributed by atoms with Crippen LogP contribution in [0.4, 0.5) is 0 Å². The molecule has 1 aromatic carbocycles. The number of halogens is 2. The van der Waals surface area contributed by atoms with Crippen molar-refractivity contribution in [3.63, 3.8) is 0 Å². The minimum absolute atomic E-state index is 0.119. The summed E-state index contributed by atoms with van der Waals surface area (Å²) < 4.78 is 27.8. The predicted molar refractivity (Wildman–Crippen MR) is 79.2 cm³/mol. The Kier molecular flexibility index (Phi) is 3.69. The summed E-state index contributed by atoms with van der Waals surface area (Å²) in [5.74, 6) is 0.158. The minimum Gasteiger partial charge on any atom is -0.300 e. The fraction of sp³-hybridized carbons (Fsp3) is 0.462. The lowest BCUT2D eigenvalue weighted by molar-refractivity contribution is -0.122. The van der Waals surface area contributed by atoms with E-state index in [1.807, 2.05) is 0 Å². The first-order chi connectivity index (χ1) is 9.39. The highest BCUT2D eigenvalue weighted by Crippen LogP contribution is 2.40. The summed E-state index contributed by atoms with van der Waals surface area (Å²) in [6, 6.07) is 4.34. The molecule has 2 heterocycles. The molecule has 7 heteroatoms. The van der Waals surface area contributed by atoms with Crippen molar-refractivity contribution in [2.24, 2.45) is 0 Å². The molecule has 1 aromatic rings. The number of carbonyl (C=O) groups is 1. The van der Waals surface area contributed by atoms with E-state index in [1.165, 1.54) is 10.4 Å². The summed E-state index contributed by atoms with van der Waals surface area (Å²) >= 11 is 9.34. The van der Waals surface area contributed by atoms with E-state index in [9.17, 15) is 13.2 Å². The molecule has 2 saturated heterocycles. The van der Waals surface area contributed by atoms with Crippen LogP contribution in [0.1, 0.15) is 25.7 Å². The third-order valence-electron chi connectivity index (χ3n) is 3.93. The number of fused-ring (bicyclic) bond motifs is 2. The van der Waals surface area contributed by atoms with Gasteiger partial charge in [-0.1, -0.05) is 27.5 Å². The Morgan fingerprint density at radius 1 is 1.20 bits per heavy atom. The zero-order valence-corrected chi connectivity index (χ0v) is 13.7. The van der Waals surface area contributed by atoms with Gasteiger partial charge >= 0.3 is 0 Å². The molecular formula is C13H13BrClNO3S. The van der Waals surface area contributed by atoms with Gasteiger partial charge in [-0.05, 0) is 31.0 Å². The number of nitrogens with zero attached hydrogens (tertiary/aromatic N) is 1. The molecule has 0 saturated carbocycles. The second-order valence-electron chi connectivity index (χ2n) is 5.24. The number of sulfonamides is 1. The van der Waals surface area contributed by atoms with Crippen LogP contribution < -0.4 is 0 Å². The van der Waals surface area contributed by atoms with Crippen molar-refractivity contribution < 1.29 is 13.2 Å². The lowest BCUT2D eigenvalue weighted by Gasteiger charge is -2.33. The zero-order chi connectivity index (χ0) is 14.5. The Morgan fingerprint density at radius 3 is 2.35 bits per heavy atom. The van der Waals surface area contributed by atoms with Crippen molar-refractivity contribution in [2.75, 3.05) is 0 Å². The molecular weight excluding hydrogens is 366 g/mol. The van der Waals surface area contributed by atoms with Crippen molar-refractivity contribution in [1.82, 2.24) is 4.31 Å². The van der Waals surface area contributed by atoms with Crippen LogP contribution in [0.15, 0.2) is 27.6 Å². The van der Waals surface area contributed by atoms with Crippen LogP contribution in [0, 0.1) is 0 Å². The molecule has 0 unspecified atom stereocenters. The standard InChI is InChI=1S/C13H13BrClNO3S/c14-8-1-4-13(12(15)5-8)20(18,19)16-9-2-3-10(16)7-11(17)6-9/h1,4-5,9-10H,2-3,6-7H2/t9-,10+. The van der Waals surface area contributed by atoms with E-state index < -0.39 is 10.0 Å². The maximum atomic E-state index is 12.8. The Morgan fingerprint density at radius 2 is 1.80 bits per heavy atom. The van der Waals surface area contributed by atoms with Gasteiger partial charge in [0.2, 0.25) is 10.0 Å². The number of rotatable bonds is 2. The van der Waals surface area contributed by atoms with Gasteiger partial charge in [0.1, 0.15) is 10.7 Å². The van der Waals surface area contributed by atoms with Crippen LogP contribution in [0.5, 0.6) is 0 Å². The van der Waals surface area contributed by atoms with E-state index in [2.05, 4.69) is 15.9 Å². The second-order valence-corrected chi connectivity index (χ2v) is 8.38. The van der Waals surface area contributed by atoms with Crippen molar-refractivity contribution in [1.29, 1.82) is 0 Å².